The number of hydrogen-bond acceptors (Lipinski definition) is 2. The van der Waals surface area contributed by atoms with E-state index < -0.39 is 0 Å². The molecule has 2 N–H and O–H groups in total. The second-order valence-electron chi connectivity index (χ2n) is 6.34. The Balaban J connectivity index is 2.17. The zero-order chi connectivity index (χ0) is 14.7. The predicted molar refractivity (Wildman–Crippen MR) is 85.1 cm³/mol. The maximum atomic E-state index is 6.57. The van der Waals surface area contributed by atoms with Crippen LogP contribution < -0.4 is 10.5 Å². The third-order valence-electron chi connectivity index (χ3n) is 5.25. The van der Waals surface area contributed by atoms with Crippen LogP contribution in [0.15, 0.2) is 12.1 Å². The first kappa shape index (κ1) is 15.4. The van der Waals surface area contributed by atoms with Crippen LogP contribution in [0.1, 0.15) is 61.8 Å². The predicted octanol–water partition coefficient (Wildman–Crippen LogP) is 4.53. The van der Waals surface area contributed by atoms with Crippen molar-refractivity contribution in [2.24, 2.45) is 17.6 Å². The van der Waals surface area contributed by atoms with E-state index in [4.69, 9.17) is 10.5 Å². The van der Waals surface area contributed by atoms with Crippen LogP contribution in [0.4, 0.5) is 0 Å². The van der Waals surface area contributed by atoms with E-state index >= 15 is 0 Å². The van der Waals surface area contributed by atoms with E-state index in [9.17, 15) is 0 Å². The minimum Gasteiger partial charge on any atom is -0.496 e. The summed E-state index contributed by atoms with van der Waals surface area (Å²) < 4.78 is 5.63. The normalized spacial score (nSPS) is 24.4. The number of benzene rings is 1. The first-order valence-corrected chi connectivity index (χ1v) is 7.98. The molecule has 1 aliphatic carbocycles. The fraction of sp³-hybridized carbons (Fsp3) is 0.667. The van der Waals surface area contributed by atoms with Crippen LogP contribution in [0.5, 0.6) is 5.75 Å². The number of hydrogen-bond donors (Lipinski definition) is 1. The summed E-state index contributed by atoms with van der Waals surface area (Å²) >= 11 is 0. The molecule has 1 aliphatic rings. The molecule has 2 rings (SSSR count). The van der Waals surface area contributed by atoms with Crippen molar-refractivity contribution in [3.05, 3.63) is 28.8 Å². The molecule has 1 aromatic carbocycles. The Kier molecular flexibility index (Phi) is 5.09. The highest BCUT2D eigenvalue weighted by Gasteiger charge is 2.27. The van der Waals surface area contributed by atoms with Gasteiger partial charge in [0.25, 0.3) is 0 Å². The minimum absolute atomic E-state index is 0.113. The quantitative estimate of drug-likeness (QED) is 0.876. The van der Waals surface area contributed by atoms with Crippen molar-refractivity contribution in [2.45, 2.75) is 58.9 Å². The second kappa shape index (κ2) is 6.62. The van der Waals surface area contributed by atoms with Crippen molar-refractivity contribution in [3.8, 4) is 5.75 Å². The Labute approximate surface area is 123 Å². The Morgan fingerprint density at radius 3 is 2.40 bits per heavy atom. The number of aryl methyl sites for hydroxylation is 1. The van der Waals surface area contributed by atoms with Gasteiger partial charge in [0.2, 0.25) is 0 Å². The lowest BCUT2D eigenvalue weighted by Crippen LogP contribution is -2.26. The Morgan fingerprint density at radius 2 is 1.85 bits per heavy atom. The molecule has 1 saturated carbocycles. The molecule has 1 aromatic rings. The van der Waals surface area contributed by atoms with Crippen molar-refractivity contribution in [1.29, 1.82) is 0 Å². The molecule has 1 unspecified atom stereocenters. The van der Waals surface area contributed by atoms with Gasteiger partial charge in [-0.3, -0.25) is 0 Å². The maximum absolute atomic E-state index is 6.57. The van der Waals surface area contributed by atoms with Crippen molar-refractivity contribution >= 4 is 0 Å². The standard InChI is InChI=1S/C18H29NO/c1-5-14-7-9-15(10-8-14)17(19)16-11-6-12(2)13(3)18(16)20-4/h6,11,14-15,17H,5,7-10,19H2,1-4H3. The monoisotopic (exact) mass is 275 g/mol. The fourth-order valence-corrected chi connectivity index (χ4v) is 3.55. The van der Waals surface area contributed by atoms with Gasteiger partial charge < -0.3 is 10.5 Å². The van der Waals surface area contributed by atoms with Crippen LogP contribution in [-0.2, 0) is 0 Å². The molecule has 0 aliphatic heterocycles. The average Bonchev–Trinajstić information content (AvgIpc) is 2.49. The Morgan fingerprint density at radius 1 is 1.20 bits per heavy atom. The van der Waals surface area contributed by atoms with Gasteiger partial charge in [-0.1, -0.05) is 38.3 Å². The highest BCUT2D eigenvalue weighted by molar-refractivity contribution is 5.46. The lowest BCUT2D eigenvalue weighted by molar-refractivity contribution is 0.237. The number of nitrogens with two attached hydrogens (primary N) is 1. The lowest BCUT2D eigenvalue weighted by atomic mass is 9.76. The summed E-state index contributed by atoms with van der Waals surface area (Å²) in [5.74, 6) is 2.52. The molecule has 2 nitrogen and oxygen atoms in total. The molecule has 0 spiro atoms. The van der Waals surface area contributed by atoms with E-state index in [-0.39, 0.29) is 6.04 Å². The number of methoxy groups -OCH3 is 1. The van der Waals surface area contributed by atoms with Gasteiger partial charge in [0.05, 0.1) is 7.11 Å². The Bertz CT molecular complexity index is 447. The molecular formula is C18H29NO. The molecule has 0 amide bonds. The van der Waals surface area contributed by atoms with Crippen molar-refractivity contribution < 1.29 is 4.74 Å². The molecule has 20 heavy (non-hydrogen) atoms. The van der Waals surface area contributed by atoms with E-state index in [1.165, 1.54) is 48.8 Å². The van der Waals surface area contributed by atoms with Crippen LogP contribution in [0.3, 0.4) is 0 Å². The largest absolute Gasteiger partial charge is 0.496 e. The van der Waals surface area contributed by atoms with E-state index in [0.717, 1.165) is 11.7 Å². The number of ether oxygens (including phenoxy) is 1. The molecule has 0 bridgehead atoms. The van der Waals surface area contributed by atoms with Gasteiger partial charge in [0, 0.05) is 11.6 Å². The summed E-state index contributed by atoms with van der Waals surface area (Å²) in [7, 11) is 1.76. The highest BCUT2D eigenvalue weighted by Crippen LogP contribution is 2.40. The molecule has 1 fully saturated rings. The third kappa shape index (κ3) is 3.01. The molecule has 0 heterocycles. The van der Waals surface area contributed by atoms with Crippen LogP contribution in [0.2, 0.25) is 0 Å². The first-order valence-electron chi connectivity index (χ1n) is 7.98. The Hall–Kier alpha value is -1.02. The van der Waals surface area contributed by atoms with Gasteiger partial charge in [-0.15, -0.1) is 0 Å². The third-order valence-corrected chi connectivity index (χ3v) is 5.25. The maximum Gasteiger partial charge on any atom is 0.126 e. The molecule has 0 aromatic heterocycles. The summed E-state index contributed by atoms with van der Waals surface area (Å²) in [5.41, 5.74) is 10.3. The zero-order valence-electron chi connectivity index (χ0n) is 13.4. The van der Waals surface area contributed by atoms with Crippen molar-refractivity contribution in [1.82, 2.24) is 0 Å². The highest BCUT2D eigenvalue weighted by atomic mass is 16.5. The van der Waals surface area contributed by atoms with Gasteiger partial charge >= 0.3 is 0 Å². The van der Waals surface area contributed by atoms with Crippen molar-refractivity contribution in [3.63, 3.8) is 0 Å². The van der Waals surface area contributed by atoms with E-state index in [1.807, 2.05) is 0 Å². The van der Waals surface area contributed by atoms with Crippen LogP contribution in [0, 0.1) is 25.7 Å². The number of rotatable bonds is 4. The lowest BCUT2D eigenvalue weighted by Gasteiger charge is -2.32. The van der Waals surface area contributed by atoms with E-state index in [2.05, 4.69) is 32.9 Å². The van der Waals surface area contributed by atoms with Crippen LogP contribution in [0.25, 0.3) is 0 Å². The molecule has 0 saturated heterocycles. The molecule has 1 atom stereocenters. The van der Waals surface area contributed by atoms with E-state index in [1.54, 1.807) is 7.11 Å². The van der Waals surface area contributed by atoms with Gasteiger partial charge in [-0.05, 0) is 49.7 Å². The SMILES string of the molecule is CCC1CCC(C(N)c2ccc(C)c(C)c2OC)CC1. The summed E-state index contributed by atoms with van der Waals surface area (Å²) in [6, 6.07) is 4.45. The minimum atomic E-state index is 0.113. The summed E-state index contributed by atoms with van der Waals surface area (Å²) in [6.07, 6.45) is 6.50. The van der Waals surface area contributed by atoms with Crippen molar-refractivity contribution in [2.75, 3.05) is 7.11 Å². The second-order valence-corrected chi connectivity index (χ2v) is 6.34. The summed E-state index contributed by atoms with van der Waals surface area (Å²) in [6.45, 7) is 6.55. The zero-order valence-corrected chi connectivity index (χ0v) is 13.4. The molecule has 2 heteroatoms. The average molecular weight is 275 g/mol. The topological polar surface area (TPSA) is 35.2 Å². The van der Waals surface area contributed by atoms with Gasteiger partial charge in [-0.2, -0.15) is 0 Å². The van der Waals surface area contributed by atoms with Crippen LogP contribution in [-0.4, -0.2) is 7.11 Å². The van der Waals surface area contributed by atoms with Gasteiger partial charge in [0.15, 0.2) is 0 Å². The van der Waals surface area contributed by atoms with Gasteiger partial charge in [0.1, 0.15) is 5.75 Å². The smallest absolute Gasteiger partial charge is 0.126 e. The first-order chi connectivity index (χ1) is 9.58. The molecule has 0 radical (unpaired) electrons. The summed E-state index contributed by atoms with van der Waals surface area (Å²) in [4.78, 5) is 0. The molecular weight excluding hydrogens is 246 g/mol. The van der Waals surface area contributed by atoms with Gasteiger partial charge in [-0.25, -0.2) is 0 Å². The summed E-state index contributed by atoms with van der Waals surface area (Å²) in [5, 5.41) is 0. The fourth-order valence-electron chi connectivity index (χ4n) is 3.55. The molecule has 112 valence electrons. The van der Waals surface area contributed by atoms with E-state index in [0.29, 0.717) is 5.92 Å². The van der Waals surface area contributed by atoms with Crippen LogP contribution >= 0.6 is 0 Å².